The topological polar surface area (TPSA) is 47.1 Å². The number of rotatable bonds is 5. The molecule has 1 rings (SSSR count). The minimum absolute atomic E-state index is 0.0213. The van der Waals surface area contributed by atoms with E-state index in [4.69, 9.17) is 12.2 Å². The molecule has 1 heterocycles. The second-order valence-corrected chi connectivity index (χ2v) is 3.59. The molecule has 0 fully saturated rings. The van der Waals surface area contributed by atoms with E-state index in [9.17, 15) is 0 Å². The first-order chi connectivity index (χ1) is 7.17. The van der Waals surface area contributed by atoms with Crippen LogP contribution in [0.2, 0.25) is 0 Å². The van der Waals surface area contributed by atoms with Crippen molar-refractivity contribution in [2.24, 2.45) is 12.8 Å². The van der Waals surface area contributed by atoms with Crippen LogP contribution in [-0.4, -0.2) is 34.3 Å². The number of terminal acetylenes is 1. The first-order valence-corrected chi connectivity index (χ1v) is 5.07. The van der Waals surface area contributed by atoms with Crippen molar-refractivity contribution in [3.8, 4) is 12.3 Å². The molecule has 1 atom stereocenters. The van der Waals surface area contributed by atoms with Gasteiger partial charge in [-0.05, 0) is 6.54 Å². The second kappa shape index (κ2) is 5.54. The molecular formula is C11H18N4. The lowest BCUT2D eigenvalue weighted by Gasteiger charge is -2.21. The zero-order chi connectivity index (χ0) is 11.3. The average Bonchev–Trinajstić information content (AvgIpc) is 2.64. The molecule has 0 aromatic carbocycles. The van der Waals surface area contributed by atoms with Gasteiger partial charge in [0.05, 0.1) is 12.7 Å². The van der Waals surface area contributed by atoms with Crippen LogP contribution in [0.3, 0.4) is 0 Å². The van der Waals surface area contributed by atoms with Gasteiger partial charge in [0.1, 0.15) is 0 Å². The SMILES string of the molecule is C#CCN(CC)CC(N)c1cnn(C)c1. The number of hydrogen-bond acceptors (Lipinski definition) is 3. The summed E-state index contributed by atoms with van der Waals surface area (Å²) in [4.78, 5) is 2.14. The Hall–Kier alpha value is -1.31. The highest BCUT2D eigenvalue weighted by Gasteiger charge is 2.11. The van der Waals surface area contributed by atoms with Crippen LogP contribution < -0.4 is 5.73 Å². The van der Waals surface area contributed by atoms with Gasteiger partial charge < -0.3 is 5.73 Å². The third-order valence-electron chi connectivity index (χ3n) is 2.37. The second-order valence-electron chi connectivity index (χ2n) is 3.59. The molecule has 2 N–H and O–H groups in total. The molecule has 0 aliphatic rings. The van der Waals surface area contributed by atoms with Crippen LogP contribution in [0.25, 0.3) is 0 Å². The molecule has 0 spiro atoms. The van der Waals surface area contributed by atoms with Crippen molar-refractivity contribution in [2.45, 2.75) is 13.0 Å². The van der Waals surface area contributed by atoms with E-state index in [0.29, 0.717) is 6.54 Å². The summed E-state index contributed by atoms with van der Waals surface area (Å²) in [5.41, 5.74) is 7.10. The van der Waals surface area contributed by atoms with Crippen molar-refractivity contribution in [1.29, 1.82) is 0 Å². The Bertz CT molecular complexity index is 337. The molecule has 0 aliphatic heterocycles. The molecule has 0 saturated heterocycles. The number of aryl methyl sites for hydroxylation is 1. The predicted molar refractivity (Wildman–Crippen MR) is 61.1 cm³/mol. The molecule has 4 nitrogen and oxygen atoms in total. The van der Waals surface area contributed by atoms with Crippen LogP contribution in [-0.2, 0) is 7.05 Å². The fourth-order valence-electron chi connectivity index (χ4n) is 1.45. The van der Waals surface area contributed by atoms with Crippen LogP contribution in [0.1, 0.15) is 18.5 Å². The van der Waals surface area contributed by atoms with E-state index < -0.39 is 0 Å². The molecular weight excluding hydrogens is 188 g/mol. The normalized spacial score (nSPS) is 12.7. The van der Waals surface area contributed by atoms with Gasteiger partial charge in [-0.2, -0.15) is 5.10 Å². The Morgan fingerprint density at radius 3 is 2.93 bits per heavy atom. The van der Waals surface area contributed by atoms with Gasteiger partial charge in [0, 0.05) is 31.4 Å². The van der Waals surface area contributed by atoms with Crippen LogP contribution in [0.15, 0.2) is 12.4 Å². The zero-order valence-corrected chi connectivity index (χ0v) is 9.35. The molecule has 82 valence electrons. The summed E-state index contributed by atoms with van der Waals surface area (Å²) in [6.45, 7) is 4.41. The molecule has 0 aliphatic carbocycles. The summed E-state index contributed by atoms with van der Waals surface area (Å²) in [5.74, 6) is 2.63. The Balaban J connectivity index is 2.54. The Kier molecular flexibility index (Phi) is 4.35. The molecule has 1 unspecified atom stereocenters. The number of nitrogens with two attached hydrogens (primary N) is 1. The summed E-state index contributed by atoms with van der Waals surface area (Å²) in [6.07, 6.45) is 9.01. The lowest BCUT2D eigenvalue weighted by atomic mass is 10.1. The van der Waals surface area contributed by atoms with Crippen LogP contribution in [0.4, 0.5) is 0 Å². The van der Waals surface area contributed by atoms with Crippen molar-refractivity contribution < 1.29 is 0 Å². The third kappa shape index (κ3) is 3.39. The quantitative estimate of drug-likeness (QED) is 0.708. The van der Waals surface area contributed by atoms with E-state index in [2.05, 4.69) is 22.8 Å². The Labute approximate surface area is 91.1 Å². The lowest BCUT2D eigenvalue weighted by molar-refractivity contribution is 0.302. The van der Waals surface area contributed by atoms with Gasteiger partial charge >= 0.3 is 0 Å². The number of nitrogens with zero attached hydrogens (tertiary/aromatic N) is 3. The van der Waals surface area contributed by atoms with E-state index in [1.165, 1.54) is 0 Å². The van der Waals surface area contributed by atoms with Crippen molar-refractivity contribution in [1.82, 2.24) is 14.7 Å². The lowest BCUT2D eigenvalue weighted by Crippen LogP contribution is -2.32. The van der Waals surface area contributed by atoms with E-state index >= 15 is 0 Å². The fourth-order valence-corrected chi connectivity index (χ4v) is 1.45. The van der Waals surface area contributed by atoms with Gasteiger partial charge in [-0.3, -0.25) is 9.58 Å². The van der Waals surface area contributed by atoms with Crippen LogP contribution in [0, 0.1) is 12.3 Å². The maximum atomic E-state index is 6.05. The maximum absolute atomic E-state index is 6.05. The minimum Gasteiger partial charge on any atom is -0.323 e. The first kappa shape index (κ1) is 11.8. The highest BCUT2D eigenvalue weighted by atomic mass is 15.2. The van der Waals surface area contributed by atoms with Crippen molar-refractivity contribution in [3.05, 3.63) is 18.0 Å². The smallest absolute Gasteiger partial charge is 0.0599 e. The Morgan fingerprint density at radius 2 is 2.47 bits per heavy atom. The molecule has 1 aromatic rings. The van der Waals surface area contributed by atoms with Gasteiger partial charge in [0.15, 0.2) is 0 Å². The van der Waals surface area contributed by atoms with E-state index in [-0.39, 0.29) is 6.04 Å². The van der Waals surface area contributed by atoms with E-state index in [1.807, 2.05) is 13.2 Å². The molecule has 0 saturated carbocycles. The summed E-state index contributed by atoms with van der Waals surface area (Å²) in [7, 11) is 1.88. The van der Waals surface area contributed by atoms with Crippen molar-refractivity contribution >= 4 is 0 Å². The van der Waals surface area contributed by atoms with Gasteiger partial charge in [-0.1, -0.05) is 12.8 Å². The monoisotopic (exact) mass is 206 g/mol. The molecule has 15 heavy (non-hydrogen) atoms. The number of hydrogen-bond donors (Lipinski definition) is 1. The average molecular weight is 206 g/mol. The standard InChI is InChI=1S/C11H18N4/c1-4-6-15(5-2)9-11(12)10-7-13-14(3)8-10/h1,7-8,11H,5-6,9,12H2,2-3H3. The summed E-state index contributed by atoms with van der Waals surface area (Å²) >= 11 is 0. The van der Waals surface area contributed by atoms with Crippen molar-refractivity contribution in [3.63, 3.8) is 0 Å². The fraction of sp³-hybridized carbons (Fsp3) is 0.545. The summed E-state index contributed by atoms with van der Waals surface area (Å²) < 4.78 is 1.76. The number of likely N-dealkylation sites (N-methyl/N-ethyl adjacent to an activating group) is 1. The highest BCUT2D eigenvalue weighted by Crippen LogP contribution is 2.09. The van der Waals surface area contributed by atoms with E-state index in [0.717, 1.165) is 18.7 Å². The first-order valence-electron chi connectivity index (χ1n) is 5.07. The van der Waals surface area contributed by atoms with Crippen LogP contribution in [0.5, 0.6) is 0 Å². The van der Waals surface area contributed by atoms with Crippen LogP contribution >= 0.6 is 0 Å². The zero-order valence-electron chi connectivity index (χ0n) is 9.35. The predicted octanol–water partition coefficient (Wildman–Crippen LogP) is 0.375. The van der Waals surface area contributed by atoms with E-state index in [1.54, 1.807) is 10.9 Å². The summed E-state index contributed by atoms with van der Waals surface area (Å²) in [5, 5.41) is 4.09. The van der Waals surface area contributed by atoms with Gasteiger partial charge in [-0.25, -0.2) is 0 Å². The Morgan fingerprint density at radius 1 is 1.73 bits per heavy atom. The number of aromatic nitrogens is 2. The minimum atomic E-state index is -0.0213. The van der Waals surface area contributed by atoms with Gasteiger partial charge in [0.2, 0.25) is 0 Å². The third-order valence-corrected chi connectivity index (χ3v) is 2.37. The molecule has 0 amide bonds. The molecule has 4 heteroatoms. The summed E-state index contributed by atoms with van der Waals surface area (Å²) in [6, 6.07) is -0.0213. The molecule has 0 radical (unpaired) electrons. The largest absolute Gasteiger partial charge is 0.323 e. The van der Waals surface area contributed by atoms with Gasteiger partial charge in [0.25, 0.3) is 0 Å². The molecule has 0 bridgehead atoms. The molecule has 1 aromatic heterocycles. The van der Waals surface area contributed by atoms with Gasteiger partial charge in [-0.15, -0.1) is 6.42 Å². The highest BCUT2D eigenvalue weighted by molar-refractivity contribution is 5.10. The maximum Gasteiger partial charge on any atom is 0.0599 e. The van der Waals surface area contributed by atoms with Crippen molar-refractivity contribution in [2.75, 3.05) is 19.6 Å².